The number of nitrogens with one attached hydrogen (secondary N) is 2. The lowest BCUT2D eigenvalue weighted by Gasteiger charge is -2.29. The monoisotopic (exact) mass is 308 g/mol. The van der Waals surface area contributed by atoms with Gasteiger partial charge in [0.2, 0.25) is 0 Å². The van der Waals surface area contributed by atoms with E-state index in [4.69, 9.17) is 10.9 Å². The first-order chi connectivity index (χ1) is 9.39. The van der Waals surface area contributed by atoms with Gasteiger partial charge in [0.15, 0.2) is 5.84 Å². The van der Waals surface area contributed by atoms with Crippen molar-refractivity contribution in [1.29, 1.82) is 0 Å². The number of methoxy groups -OCH3 is 1. The van der Waals surface area contributed by atoms with Gasteiger partial charge in [0.25, 0.3) is 0 Å². The first kappa shape index (κ1) is 16.5. The zero-order valence-corrected chi connectivity index (χ0v) is 12.0. The van der Waals surface area contributed by atoms with Crippen LogP contribution in [0.2, 0.25) is 0 Å². The van der Waals surface area contributed by atoms with E-state index in [1.54, 1.807) is 4.72 Å². The SMILES string of the molecule is COC(=O)NS(=O)(=O)NC(C(N)=NO)C1CCCCC1. The molecule has 0 aromatic heterocycles. The number of nitrogens with two attached hydrogens (primary N) is 1. The lowest BCUT2D eigenvalue weighted by molar-refractivity contribution is 0.177. The van der Waals surface area contributed by atoms with Crippen LogP contribution in [0.15, 0.2) is 5.16 Å². The highest BCUT2D eigenvalue weighted by Gasteiger charge is 2.31. The Bertz CT molecular complexity index is 458. The normalized spacial score (nSPS) is 19.4. The summed E-state index contributed by atoms with van der Waals surface area (Å²) in [7, 11) is -3.09. The van der Waals surface area contributed by atoms with Gasteiger partial charge in [-0.05, 0) is 18.8 Å². The molecule has 0 spiro atoms. The van der Waals surface area contributed by atoms with E-state index in [2.05, 4.69) is 14.6 Å². The summed E-state index contributed by atoms with van der Waals surface area (Å²) in [5.41, 5.74) is 5.55. The van der Waals surface area contributed by atoms with E-state index in [1.165, 1.54) is 0 Å². The molecule has 0 radical (unpaired) electrons. The van der Waals surface area contributed by atoms with Gasteiger partial charge in [-0.2, -0.15) is 13.1 Å². The summed E-state index contributed by atoms with van der Waals surface area (Å²) < 4.78 is 31.6. The second-order valence-corrected chi connectivity index (χ2v) is 6.06. The second kappa shape index (κ2) is 7.29. The molecule has 0 aliphatic heterocycles. The topological polar surface area (TPSA) is 143 Å². The van der Waals surface area contributed by atoms with Crippen LogP contribution in [0.25, 0.3) is 0 Å². The molecular weight excluding hydrogens is 288 g/mol. The van der Waals surface area contributed by atoms with Crippen LogP contribution in [-0.4, -0.2) is 38.7 Å². The quantitative estimate of drug-likeness (QED) is 0.241. The third kappa shape index (κ3) is 4.85. The minimum Gasteiger partial charge on any atom is -0.452 e. The van der Waals surface area contributed by atoms with E-state index in [9.17, 15) is 13.2 Å². The highest BCUT2D eigenvalue weighted by atomic mass is 32.2. The van der Waals surface area contributed by atoms with Crippen molar-refractivity contribution in [2.45, 2.75) is 38.1 Å². The van der Waals surface area contributed by atoms with Crippen molar-refractivity contribution >= 4 is 22.1 Å². The van der Waals surface area contributed by atoms with Crippen molar-refractivity contribution in [3.05, 3.63) is 0 Å². The zero-order valence-electron chi connectivity index (χ0n) is 11.2. The average Bonchev–Trinajstić information content (AvgIpc) is 2.44. The van der Waals surface area contributed by atoms with Crippen molar-refractivity contribution < 1.29 is 23.2 Å². The van der Waals surface area contributed by atoms with E-state index in [0.717, 1.165) is 39.2 Å². The van der Waals surface area contributed by atoms with Crippen LogP contribution in [0.4, 0.5) is 4.79 Å². The highest BCUT2D eigenvalue weighted by Crippen LogP contribution is 2.26. The van der Waals surface area contributed by atoms with Crippen LogP contribution in [0, 0.1) is 5.92 Å². The van der Waals surface area contributed by atoms with Crippen molar-refractivity contribution in [2.75, 3.05) is 7.11 Å². The number of nitrogens with zero attached hydrogens (tertiary/aromatic N) is 1. The Morgan fingerprint density at radius 1 is 1.40 bits per heavy atom. The number of amides is 1. The van der Waals surface area contributed by atoms with Crippen molar-refractivity contribution in [3.8, 4) is 0 Å². The molecule has 1 fully saturated rings. The average molecular weight is 308 g/mol. The van der Waals surface area contributed by atoms with Gasteiger partial charge < -0.3 is 15.7 Å². The van der Waals surface area contributed by atoms with Crippen molar-refractivity contribution in [3.63, 3.8) is 0 Å². The number of oxime groups is 1. The maximum absolute atomic E-state index is 11.8. The number of hydrogen-bond acceptors (Lipinski definition) is 6. The fraction of sp³-hybridized carbons (Fsp3) is 0.800. The molecule has 1 rings (SSSR count). The van der Waals surface area contributed by atoms with Gasteiger partial charge in [-0.3, -0.25) is 0 Å². The Morgan fingerprint density at radius 2 is 2.00 bits per heavy atom. The fourth-order valence-electron chi connectivity index (χ4n) is 2.28. The maximum Gasteiger partial charge on any atom is 0.421 e. The van der Waals surface area contributed by atoms with Gasteiger partial charge in [0.05, 0.1) is 13.2 Å². The van der Waals surface area contributed by atoms with E-state index >= 15 is 0 Å². The Labute approximate surface area is 117 Å². The van der Waals surface area contributed by atoms with E-state index in [0.29, 0.717) is 0 Å². The summed E-state index contributed by atoms with van der Waals surface area (Å²) in [6, 6.07) is -0.859. The third-order valence-electron chi connectivity index (χ3n) is 3.24. The third-order valence-corrected chi connectivity index (χ3v) is 4.24. The molecule has 1 amide bonds. The molecule has 10 heteroatoms. The molecule has 0 saturated heterocycles. The van der Waals surface area contributed by atoms with Gasteiger partial charge in [0.1, 0.15) is 0 Å². The molecule has 20 heavy (non-hydrogen) atoms. The first-order valence-corrected chi connectivity index (χ1v) is 7.73. The molecule has 0 aromatic carbocycles. The van der Waals surface area contributed by atoms with E-state index < -0.39 is 22.3 Å². The fourth-order valence-corrected chi connectivity index (χ4v) is 3.28. The number of ether oxygens (including phenoxy) is 1. The number of hydrogen-bond donors (Lipinski definition) is 4. The molecule has 0 heterocycles. The predicted octanol–water partition coefficient (Wildman–Crippen LogP) is -0.128. The Kier molecular flexibility index (Phi) is 6.02. The zero-order chi connectivity index (χ0) is 15.2. The number of carbonyl (C=O) groups is 1. The summed E-state index contributed by atoms with van der Waals surface area (Å²) in [6.07, 6.45) is 3.40. The Morgan fingerprint density at radius 3 is 2.50 bits per heavy atom. The van der Waals surface area contributed by atoms with Crippen molar-refractivity contribution in [2.24, 2.45) is 16.8 Å². The van der Waals surface area contributed by atoms with Gasteiger partial charge in [-0.1, -0.05) is 24.4 Å². The standard InChI is InChI=1S/C10H20N4O5S/c1-19-10(15)14-20(17,18)13-8(9(11)12-16)7-5-3-2-4-6-7/h7-8,13,16H,2-6H2,1H3,(H2,11,12)(H,14,15). The smallest absolute Gasteiger partial charge is 0.421 e. The Balaban J connectivity index is 2.81. The van der Waals surface area contributed by atoms with E-state index in [-0.39, 0.29) is 11.8 Å². The first-order valence-electron chi connectivity index (χ1n) is 6.25. The van der Waals surface area contributed by atoms with E-state index in [1.807, 2.05) is 0 Å². The molecular formula is C10H20N4O5S. The molecule has 1 aliphatic carbocycles. The molecule has 9 nitrogen and oxygen atoms in total. The van der Waals surface area contributed by atoms with Gasteiger partial charge in [-0.15, -0.1) is 0 Å². The van der Waals surface area contributed by atoms with Gasteiger partial charge >= 0.3 is 16.3 Å². The van der Waals surface area contributed by atoms with Crippen molar-refractivity contribution in [1.82, 2.24) is 9.44 Å². The highest BCUT2D eigenvalue weighted by molar-refractivity contribution is 7.88. The van der Waals surface area contributed by atoms with Crippen LogP contribution >= 0.6 is 0 Å². The summed E-state index contributed by atoms with van der Waals surface area (Å²) in [4.78, 5) is 11.0. The molecule has 5 N–H and O–H groups in total. The lowest BCUT2D eigenvalue weighted by Crippen LogP contribution is -2.53. The largest absolute Gasteiger partial charge is 0.452 e. The van der Waals surface area contributed by atoms with Crippen LogP contribution < -0.4 is 15.2 Å². The lowest BCUT2D eigenvalue weighted by atomic mass is 9.84. The maximum atomic E-state index is 11.8. The van der Waals surface area contributed by atoms with Crippen LogP contribution in [-0.2, 0) is 14.9 Å². The molecule has 1 atom stereocenters. The summed E-state index contributed by atoms with van der Waals surface area (Å²) in [5, 5.41) is 11.6. The molecule has 1 unspecified atom stereocenters. The van der Waals surface area contributed by atoms with Gasteiger partial charge in [0, 0.05) is 0 Å². The molecule has 1 aliphatic rings. The number of amidine groups is 1. The summed E-state index contributed by atoms with van der Waals surface area (Å²) in [5.74, 6) is -0.305. The van der Waals surface area contributed by atoms with Crippen LogP contribution in [0.3, 0.4) is 0 Å². The van der Waals surface area contributed by atoms with Gasteiger partial charge in [-0.25, -0.2) is 9.52 Å². The number of rotatable bonds is 5. The molecule has 0 aromatic rings. The minimum absolute atomic E-state index is 0.0751. The van der Waals surface area contributed by atoms with Crippen LogP contribution in [0.5, 0.6) is 0 Å². The predicted molar refractivity (Wildman–Crippen MR) is 71.4 cm³/mol. The molecule has 1 saturated carbocycles. The van der Waals surface area contributed by atoms with Crippen LogP contribution in [0.1, 0.15) is 32.1 Å². The Hall–Kier alpha value is -1.55. The summed E-state index contributed by atoms with van der Waals surface area (Å²) in [6.45, 7) is 0. The second-order valence-electron chi connectivity index (χ2n) is 4.62. The summed E-state index contributed by atoms with van der Waals surface area (Å²) >= 11 is 0. The number of carbonyl (C=O) groups excluding carboxylic acids is 1. The molecule has 116 valence electrons. The minimum atomic E-state index is -4.14. The molecule has 0 bridgehead atoms.